The number of hydrogen-bond acceptors (Lipinski definition) is 2. The molecule has 3 aromatic rings. The monoisotopic (exact) mass is 364 g/mol. The van der Waals surface area contributed by atoms with Crippen LogP contribution in [0.25, 0.3) is 10.9 Å². The molecule has 0 N–H and O–H groups in total. The van der Waals surface area contributed by atoms with Crippen molar-refractivity contribution in [1.82, 2.24) is 18.9 Å². The summed E-state index contributed by atoms with van der Waals surface area (Å²) in [5.41, 5.74) is 2.90. The number of nitrogens with zero attached hydrogens (tertiary/aromatic N) is 4. The highest BCUT2D eigenvalue weighted by Crippen LogP contribution is 2.21. The number of piperazine rings is 1. The second kappa shape index (κ2) is 6.95. The lowest BCUT2D eigenvalue weighted by Gasteiger charge is -2.34. The number of rotatable bonds is 3. The molecule has 27 heavy (non-hydrogen) atoms. The van der Waals surface area contributed by atoms with Gasteiger partial charge in [-0.2, -0.15) is 0 Å². The molecule has 0 atom stereocenters. The van der Waals surface area contributed by atoms with Gasteiger partial charge in [-0.25, -0.2) is 0 Å². The van der Waals surface area contributed by atoms with Crippen molar-refractivity contribution >= 4 is 22.7 Å². The van der Waals surface area contributed by atoms with E-state index in [2.05, 4.69) is 16.7 Å². The number of fused-ring (bicyclic) bond motifs is 1. The van der Waals surface area contributed by atoms with Crippen molar-refractivity contribution in [3.63, 3.8) is 0 Å². The molecule has 1 aliphatic rings. The van der Waals surface area contributed by atoms with E-state index in [9.17, 15) is 9.59 Å². The molecule has 4 rings (SSSR count). The maximum Gasteiger partial charge on any atom is 0.255 e. The summed E-state index contributed by atoms with van der Waals surface area (Å²) in [4.78, 5) is 29.0. The van der Waals surface area contributed by atoms with Crippen LogP contribution in [0, 0.1) is 0 Å². The number of carbonyl (C=O) groups is 2. The van der Waals surface area contributed by atoms with Gasteiger partial charge in [0.15, 0.2) is 0 Å². The van der Waals surface area contributed by atoms with E-state index in [-0.39, 0.29) is 11.8 Å². The van der Waals surface area contributed by atoms with Gasteiger partial charge >= 0.3 is 0 Å². The zero-order valence-corrected chi connectivity index (χ0v) is 15.8. The van der Waals surface area contributed by atoms with Gasteiger partial charge in [0.1, 0.15) is 0 Å². The first-order valence-electron chi connectivity index (χ1n) is 9.25. The number of aryl methyl sites for hydroxylation is 2. The topological polar surface area (TPSA) is 50.5 Å². The summed E-state index contributed by atoms with van der Waals surface area (Å²) >= 11 is 0. The molecule has 1 aliphatic heterocycles. The van der Waals surface area contributed by atoms with Crippen molar-refractivity contribution in [3.05, 3.63) is 60.0 Å². The molecule has 1 saturated heterocycles. The minimum absolute atomic E-state index is 0.0387. The van der Waals surface area contributed by atoms with Crippen LogP contribution < -0.4 is 0 Å². The van der Waals surface area contributed by atoms with Crippen LogP contribution in [0.2, 0.25) is 0 Å². The second-order valence-corrected chi connectivity index (χ2v) is 7.20. The molecule has 1 fully saturated rings. The highest BCUT2D eigenvalue weighted by molar-refractivity contribution is 5.94. The molecular weight excluding hydrogens is 340 g/mol. The number of amides is 2. The third-order valence-electron chi connectivity index (χ3n) is 5.32. The Labute approximate surface area is 158 Å². The summed E-state index contributed by atoms with van der Waals surface area (Å²) in [6, 6.07) is 9.98. The Balaban J connectivity index is 1.39. The van der Waals surface area contributed by atoms with Crippen LogP contribution >= 0.6 is 0 Å². The van der Waals surface area contributed by atoms with E-state index in [4.69, 9.17) is 0 Å². The summed E-state index contributed by atoms with van der Waals surface area (Å²) in [5, 5.41) is 1.13. The Morgan fingerprint density at radius 1 is 0.926 bits per heavy atom. The lowest BCUT2D eigenvalue weighted by Crippen LogP contribution is -2.50. The second-order valence-electron chi connectivity index (χ2n) is 7.20. The predicted molar refractivity (Wildman–Crippen MR) is 105 cm³/mol. The molecule has 0 aliphatic carbocycles. The summed E-state index contributed by atoms with van der Waals surface area (Å²) in [5.74, 6) is 0.162. The van der Waals surface area contributed by atoms with Gasteiger partial charge in [0.05, 0.1) is 12.0 Å². The van der Waals surface area contributed by atoms with Crippen LogP contribution in [0.4, 0.5) is 0 Å². The normalized spacial score (nSPS) is 14.7. The van der Waals surface area contributed by atoms with E-state index in [1.165, 1.54) is 0 Å². The third-order valence-corrected chi connectivity index (χ3v) is 5.32. The minimum Gasteiger partial charge on any atom is -0.356 e. The van der Waals surface area contributed by atoms with Gasteiger partial charge in [-0.05, 0) is 17.7 Å². The van der Waals surface area contributed by atoms with Crippen molar-refractivity contribution in [2.45, 2.75) is 6.42 Å². The maximum absolute atomic E-state index is 12.8. The molecule has 6 heteroatoms. The molecule has 0 unspecified atom stereocenters. The summed E-state index contributed by atoms with van der Waals surface area (Å²) in [7, 11) is 3.91. The van der Waals surface area contributed by atoms with Crippen LogP contribution in [0.1, 0.15) is 15.9 Å². The minimum atomic E-state index is 0.0387. The number of carbonyl (C=O) groups excluding carboxylic acids is 2. The number of hydrogen-bond donors (Lipinski definition) is 0. The highest BCUT2D eigenvalue weighted by Gasteiger charge is 2.25. The van der Waals surface area contributed by atoms with Crippen molar-refractivity contribution in [2.75, 3.05) is 26.2 Å². The Bertz CT molecular complexity index is 993. The van der Waals surface area contributed by atoms with Crippen LogP contribution in [-0.2, 0) is 25.3 Å². The quantitative estimate of drug-likeness (QED) is 0.714. The molecule has 0 spiro atoms. The molecule has 1 aromatic carbocycles. The fourth-order valence-electron chi connectivity index (χ4n) is 3.81. The molecule has 2 amide bonds. The summed E-state index contributed by atoms with van der Waals surface area (Å²) < 4.78 is 3.94. The van der Waals surface area contributed by atoms with Crippen molar-refractivity contribution in [1.29, 1.82) is 0 Å². The highest BCUT2D eigenvalue weighted by atomic mass is 16.2. The Kier molecular flexibility index (Phi) is 4.48. The SMILES string of the molecule is Cn1ccc(C(=O)N2CCN(C(=O)Cc3cn(C)c4ccccc34)CC2)c1. The van der Waals surface area contributed by atoms with Gasteiger partial charge < -0.3 is 18.9 Å². The average Bonchev–Trinajstić information content (AvgIpc) is 3.25. The third kappa shape index (κ3) is 3.35. The lowest BCUT2D eigenvalue weighted by atomic mass is 10.1. The predicted octanol–water partition coefficient (Wildman–Crippen LogP) is 2.04. The van der Waals surface area contributed by atoms with E-state index in [0.717, 1.165) is 16.5 Å². The fraction of sp³-hybridized carbons (Fsp3) is 0.333. The van der Waals surface area contributed by atoms with Gasteiger partial charge in [0.2, 0.25) is 5.91 Å². The zero-order chi connectivity index (χ0) is 19.0. The first-order valence-corrected chi connectivity index (χ1v) is 9.25. The molecular formula is C21H24N4O2. The number of para-hydroxylation sites is 1. The van der Waals surface area contributed by atoms with E-state index in [1.54, 1.807) is 0 Å². The fourth-order valence-corrected chi connectivity index (χ4v) is 3.81. The van der Waals surface area contributed by atoms with Gasteiger partial charge in [-0.3, -0.25) is 9.59 Å². The van der Waals surface area contributed by atoms with E-state index in [1.807, 2.05) is 65.3 Å². The number of benzene rings is 1. The molecule has 0 radical (unpaired) electrons. The lowest BCUT2D eigenvalue weighted by molar-refractivity contribution is -0.131. The standard InChI is InChI=1S/C21H24N4O2/c1-22-8-7-16(14-22)21(27)25-11-9-24(10-12-25)20(26)13-17-15-23(2)19-6-4-3-5-18(17)19/h3-8,14-15H,9-13H2,1-2H3. The summed E-state index contributed by atoms with van der Waals surface area (Å²) in [6.07, 6.45) is 6.14. The molecule has 0 saturated carbocycles. The Morgan fingerprint density at radius 3 is 2.33 bits per heavy atom. The van der Waals surface area contributed by atoms with Gasteiger partial charge in [-0.1, -0.05) is 18.2 Å². The molecule has 3 heterocycles. The van der Waals surface area contributed by atoms with E-state index >= 15 is 0 Å². The largest absolute Gasteiger partial charge is 0.356 e. The van der Waals surface area contributed by atoms with Crippen molar-refractivity contribution in [3.8, 4) is 0 Å². The smallest absolute Gasteiger partial charge is 0.255 e. The first kappa shape index (κ1) is 17.4. The van der Waals surface area contributed by atoms with Crippen molar-refractivity contribution in [2.24, 2.45) is 14.1 Å². The van der Waals surface area contributed by atoms with E-state index in [0.29, 0.717) is 38.2 Å². The molecule has 0 bridgehead atoms. The first-order chi connectivity index (χ1) is 13.0. The molecule has 6 nitrogen and oxygen atoms in total. The number of aromatic nitrogens is 2. The molecule has 2 aromatic heterocycles. The Hall–Kier alpha value is -3.02. The van der Waals surface area contributed by atoms with Crippen LogP contribution in [0.15, 0.2) is 48.9 Å². The van der Waals surface area contributed by atoms with Crippen LogP contribution in [0.5, 0.6) is 0 Å². The van der Waals surface area contributed by atoms with Gasteiger partial charge in [0, 0.05) is 69.8 Å². The van der Waals surface area contributed by atoms with E-state index < -0.39 is 0 Å². The van der Waals surface area contributed by atoms with Gasteiger partial charge in [-0.15, -0.1) is 0 Å². The van der Waals surface area contributed by atoms with Crippen LogP contribution in [-0.4, -0.2) is 56.9 Å². The maximum atomic E-state index is 12.8. The molecule has 140 valence electrons. The van der Waals surface area contributed by atoms with Gasteiger partial charge in [0.25, 0.3) is 5.91 Å². The zero-order valence-electron chi connectivity index (χ0n) is 15.8. The van der Waals surface area contributed by atoms with Crippen molar-refractivity contribution < 1.29 is 9.59 Å². The summed E-state index contributed by atoms with van der Waals surface area (Å²) in [6.45, 7) is 2.33. The van der Waals surface area contributed by atoms with Crippen LogP contribution in [0.3, 0.4) is 0 Å². The Morgan fingerprint density at radius 2 is 1.63 bits per heavy atom. The average molecular weight is 364 g/mol.